The largest absolute Gasteiger partial charge is 0.374 e. The Balaban J connectivity index is 1.31. The number of allylic oxidation sites excluding steroid dienone is 2. The zero-order valence-corrected chi connectivity index (χ0v) is 17.9. The Bertz CT molecular complexity index is 429. The average molecular weight is 373 g/mol. The molecule has 1 heterocycles. The van der Waals surface area contributed by atoms with Gasteiger partial charge in [-0.25, -0.2) is 0 Å². The van der Waals surface area contributed by atoms with Crippen LogP contribution in [-0.4, -0.2) is 12.7 Å². The SMILES string of the molecule is C=CC1CCC(C2CCC(/C=C/C3CCC(CCCCC)CC3)CC2)CO1. The Morgan fingerprint density at radius 2 is 1.41 bits per heavy atom. The van der Waals surface area contributed by atoms with Crippen LogP contribution in [-0.2, 0) is 4.74 Å². The lowest BCUT2D eigenvalue weighted by Gasteiger charge is -2.37. The molecule has 3 aliphatic rings. The lowest BCUT2D eigenvalue weighted by Crippen LogP contribution is -2.31. The van der Waals surface area contributed by atoms with Crippen molar-refractivity contribution in [1.29, 1.82) is 0 Å². The zero-order chi connectivity index (χ0) is 18.9. The quantitative estimate of drug-likeness (QED) is 0.313. The van der Waals surface area contributed by atoms with Crippen molar-refractivity contribution in [2.24, 2.45) is 29.6 Å². The van der Waals surface area contributed by atoms with Gasteiger partial charge in [-0.3, -0.25) is 0 Å². The number of hydrogen-bond donors (Lipinski definition) is 0. The average Bonchev–Trinajstić information content (AvgIpc) is 2.74. The van der Waals surface area contributed by atoms with Crippen molar-refractivity contribution in [1.82, 2.24) is 0 Å². The summed E-state index contributed by atoms with van der Waals surface area (Å²) < 4.78 is 5.95. The van der Waals surface area contributed by atoms with E-state index in [0.717, 1.165) is 36.2 Å². The normalized spacial score (nSPS) is 38.1. The fraction of sp³-hybridized carbons (Fsp3) is 0.846. The summed E-state index contributed by atoms with van der Waals surface area (Å²) in [6.07, 6.45) is 27.4. The molecule has 2 atom stereocenters. The Labute approximate surface area is 169 Å². The summed E-state index contributed by atoms with van der Waals surface area (Å²) in [6, 6.07) is 0. The number of hydrogen-bond acceptors (Lipinski definition) is 1. The molecule has 0 aromatic carbocycles. The second kappa shape index (κ2) is 11.4. The van der Waals surface area contributed by atoms with Gasteiger partial charge in [0.05, 0.1) is 12.7 Å². The molecule has 2 aliphatic carbocycles. The molecule has 3 fully saturated rings. The molecule has 1 saturated heterocycles. The van der Waals surface area contributed by atoms with Crippen molar-refractivity contribution in [3.05, 3.63) is 24.8 Å². The van der Waals surface area contributed by atoms with Crippen LogP contribution in [0.25, 0.3) is 0 Å². The van der Waals surface area contributed by atoms with Crippen molar-refractivity contribution >= 4 is 0 Å². The number of rotatable bonds is 8. The van der Waals surface area contributed by atoms with Crippen LogP contribution in [0.4, 0.5) is 0 Å². The van der Waals surface area contributed by atoms with Crippen molar-refractivity contribution < 1.29 is 4.74 Å². The van der Waals surface area contributed by atoms with Gasteiger partial charge in [-0.2, -0.15) is 0 Å². The lowest BCUT2D eigenvalue weighted by molar-refractivity contribution is -0.0153. The third kappa shape index (κ3) is 6.77. The third-order valence-electron chi connectivity index (χ3n) is 7.86. The molecule has 2 unspecified atom stereocenters. The van der Waals surface area contributed by atoms with Crippen LogP contribution < -0.4 is 0 Å². The molecule has 0 spiro atoms. The fourth-order valence-corrected chi connectivity index (χ4v) is 5.83. The summed E-state index contributed by atoms with van der Waals surface area (Å²) in [5.41, 5.74) is 0. The first-order valence-corrected chi connectivity index (χ1v) is 12.2. The monoisotopic (exact) mass is 372 g/mol. The topological polar surface area (TPSA) is 9.23 Å². The standard InChI is InChI=1S/C26H44O/c1-3-5-6-7-21-8-10-22(11-9-21)12-13-23-14-16-24(17-15-23)25-18-19-26(4-2)27-20-25/h4,12-13,21-26H,2-3,5-11,14-20H2,1H3/b13-12+. The van der Waals surface area contributed by atoms with Crippen molar-refractivity contribution in [2.75, 3.05) is 6.61 Å². The summed E-state index contributed by atoms with van der Waals surface area (Å²) >= 11 is 0. The van der Waals surface area contributed by atoms with E-state index in [4.69, 9.17) is 4.74 Å². The molecule has 0 N–H and O–H groups in total. The van der Waals surface area contributed by atoms with Crippen molar-refractivity contribution in [3.63, 3.8) is 0 Å². The molecule has 1 nitrogen and oxygen atoms in total. The second-order valence-electron chi connectivity index (χ2n) is 9.78. The van der Waals surface area contributed by atoms with Crippen LogP contribution in [0.15, 0.2) is 24.8 Å². The zero-order valence-electron chi connectivity index (χ0n) is 17.9. The molecule has 0 bridgehead atoms. The molecular weight excluding hydrogens is 328 g/mol. The van der Waals surface area contributed by atoms with Gasteiger partial charge in [0, 0.05) is 0 Å². The molecule has 2 saturated carbocycles. The van der Waals surface area contributed by atoms with Gasteiger partial charge in [-0.15, -0.1) is 6.58 Å². The summed E-state index contributed by atoms with van der Waals surface area (Å²) in [5, 5.41) is 0. The van der Waals surface area contributed by atoms with E-state index in [9.17, 15) is 0 Å². The highest BCUT2D eigenvalue weighted by Gasteiger charge is 2.30. The number of unbranched alkanes of at least 4 members (excludes halogenated alkanes) is 2. The van der Waals surface area contributed by atoms with E-state index in [1.54, 1.807) is 0 Å². The van der Waals surface area contributed by atoms with Gasteiger partial charge in [0.2, 0.25) is 0 Å². The predicted molar refractivity (Wildman–Crippen MR) is 117 cm³/mol. The van der Waals surface area contributed by atoms with Gasteiger partial charge >= 0.3 is 0 Å². The van der Waals surface area contributed by atoms with Crippen LogP contribution in [0.2, 0.25) is 0 Å². The fourth-order valence-electron chi connectivity index (χ4n) is 5.83. The van der Waals surface area contributed by atoms with Crippen molar-refractivity contribution in [2.45, 2.75) is 103 Å². The van der Waals surface area contributed by atoms with Crippen LogP contribution >= 0.6 is 0 Å². The third-order valence-corrected chi connectivity index (χ3v) is 7.86. The van der Waals surface area contributed by atoms with E-state index < -0.39 is 0 Å². The molecule has 3 rings (SSSR count). The molecule has 1 heteroatoms. The summed E-state index contributed by atoms with van der Waals surface area (Å²) in [6.45, 7) is 7.17. The minimum absolute atomic E-state index is 0.322. The smallest absolute Gasteiger partial charge is 0.0753 e. The predicted octanol–water partition coefficient (Wildman–Crippen LogP) is 7.72. The maximum Gasteiger partial charge on any atom is 0.0753 e. The molecule has 0 amide bonds. The summed E-state index contributed by atoms with van der Waals surface area (Å²) in [5.74, 6) is 4.50. The van der Waals surface area contributed by atoms with Crippen LogP contribution in [0.5, 0.6) is 0 Å². The van der Waals surface area contributed by atoms with Gasteiger partial charge in [0.1, 0.15) is 0 Å². The van der Waals surface area contributed by atoms with E-state index in [1.165, 1.54) is 89.9 Å². The van der Waals surface area contributed by atoms with Crippen LogP contribution in [0.1, 0.15) is 96.8 Å². The Morgan fingerprint density at radius 1 is 0.778 bits per heavy atom. The Hall–Kier alpha value is -0.560. The highest BCUT2D eigenvalue weighted by Crippen LogP contribution is 2.39. The maximum absolute atomic E-state index is 5.95. The highest BCUT2D eigenvalue weighted by molar-refractivity contribution is 4.97. The van der Waals surface area contributed by atoms with Crippen LogP contribution in [0.3, 0.4) is 0 Å². The van der Waals surface area contributed by atoms with Gasteiger partial charge in [-0.05, 0) is 93.8 Å². The molecule has 0 radical (unpaired) electrons. The first-order valence-electron chi connectivity index (χ1n) is 12.2. The van der Waals surface area contributed by atoms with Gasteiger partial charge < -0.3 is 4.74 Å². The molecule has 27 heavy (non-hydrogen) atoms. The summed E-state index contributed by atoms with van der Waals surface area (Å²) in [7, 11) is 0. The minimum atomic E-state index is 0.322. The minimum Gasteiger partial charge on any atom is -0.374 e. The van der Waals surface area contributed by atoms with Gasteiger partial charge in [0.25, 0.3) is 0 Å². The first kappa shape index (κ1) is 21.2. The molecule has 154 valence electrons. The lowest BCUT2D eigenvalue weighted by atomic mass is 9.73. The molecular formula is C26H44O. The summed E-state index contributed by atoms with van der Waals surface area (Å²) in [4.78, 5) is 0. The van der Waals surface area contributed by atoms with Gasteiger partial charge in [0.15, 0.2) is 0 Å². The van der Waals surface area contributed by atoms with Crippen LogP contribution in [0, 0.1) is 29.6 Å². The van der Waals surface area contributed by atoms with E-state index in [2.05, 4.69) is 25.7 Å². The second-order valence-corrected chi connectivity index (χ2v) is 9.78. The highest BCUT2D eigenvalue weighted by atomic mass is 16.5. The van der Waals surface area contributed by atoms with E-state index in [1.807, 2.05) is 6.08 Å². The molecule has 1 aliphatic heterocycles. The molecule has 0 aromatic heterocycles. The van der Waals surface area contributed by atoms with E-state index in [-0.39, 0.29) is 0 Å². The number of ether oxygens (including phenoxy) is 1. The van der Waals surface area contributed by atoms with E-state index in [0.29, 0.717) is 6.10 Å². The maximum atomic E-state index is 5.95. The van der Waals surface area contributed by atoms with Gasteiger partial charge in [-0.1, -0.05) is 50.8 Å². The first-order chi connectivity index (χ1) is 13.3. The Kier molecular flexibility index (Phi) is 8.97. The van der Waals surface area contributed by atoms with Crippen molar-refractivity contribution in [3.8, 4) is 0 Å². The molecule has 0 aromatic rings. The Morgan fingerprint density at radius 3 is 1.96 bits per heavy atom. The van der Waals surface area contributed by atoms with E-state index >= 15 is 0 Å².